The lowest BCUT2D eigenvalue weighted by Crippen LogP contribution is -2.30. The van der Waals surface area contributed by atoms with Crippen LogP contribution in [0, 0.1) is 5.82 Å². The summed E-state index contributed by atoms with van der Waals surface area (Å²) in [7, 11) is 0. The first-order chi connectivity index (χ1) is 11.5. The monoisotopic (exact) mass is 358 g/mol. The topological polar surface area (TPSA) is 63.4 Å². The minimum absolute atomic E-state index is 0.219. The third-order valence-corrected chi connectivity index (χ3v) is 4.67. The summed E-state index contributed by atoms with van der Waals surface area (Å²) in [6, 6.07) is 12.3. The summed E-state index contributed by atoms with van der Waals surface area (Å²) in [5, 5.41) is 0. The molecule has 0 saturated carbocycles. The molecule has 0 aromatic heterocycles. The molecule has 1 heterocycles. The van der Waals surface area contributed by atoms with Gasteiger partial charge in [-0.2, -0.15) is 0 Å². The number of hydrogen-bond donors (Lipinski definition) is 1. The average molecular weight is 358 g/mol. The lowest BCUT2D eigenvalue weighted by molar-refractivity contribution is -0.113. The number of benzene rings is 2. The number of anilines is 1. The lowest BCUT2D eigenvalue weighted by atomic mass is 10.1. The van der Waals surface area contributed by atoms with E-state index in [1.165, 1.54) is 17.0 Å². The first kappa shape index (κ1) is 16.4. The van der Waals surface area contributed by atoms with E-state index in [1.54, 1.807) is 42.5 Å². The highest BCUT2D eigenvalue weighted by molar-refractivity contribution is 8.27. The summed E-state index contributed by atoms with van der Waals surface area (Å²) in [5.41, 5.74) is 6.62. The van der Waals surface area contributed by atoms with Gasteiger partial charge < -0.3 is 5.73 Å². The van der Waals surface area contributed by atoms with Gasteiger partial charge in [0, 0.05) is 0 Å². The molecular formula is C17H11FN2O2S2. The second kappa shape index (κ2) is 6.54. The molecule has 0 aliphatic carbocycles. The van der Waals surface area contributed by atoms with E-state index in [4.69, 9.17) is 18.0 Å². The van der Waals surface area contributed by atoms with Gasteiger partial charge in [0.1, 0.15) is 5.82 Å². The van der Waals surface area contributed by atoms with Gasteiger partial charge in [-0.05, 0) is 35.9 Å². The largest absolute Gasteiger partial charge is 0.366 e. The van der Waals surface area contributed by atoms with Crippen molar-refractivity contribution in [3.63, 3.8) is 0 Å². The molecule has 2 amide bonds. The van der Waals surface area contributed by atoms with E-state index in [0.717, 1.165) is 11.8 Å². The maximum Gasteiger partial charge on any atom is 0.270 e. The first-order valence-corrected chi connectivity index (χ1v) is 8.12. The van der Waals surface area contributed by atoms with Gasteiger partial charge in [0.2, 0.25) is 0 Å². The molecule has 24 heavy (non-hydrogen) atoms. The summed E-state index contributed by atoms with van der Waals surface area (Å²) in [6.07, 6.45) is 1.63. The quantitative estimate of drug-likeness (QED) is 0.675. The molecule has 3 rings (SSSR count). The molecule has 0 bridgehead atoms. The van der Waals surface area contributed by atoms with E-state index < -0.39 is 5.91 Å². The molecule has 120 valence electrons. The minimum Gasteiger partial charge on any atom is -0.366 e. The number of nitrogens with two attached hydrogens (primary N) is 1. The molecule has 0 spiro atoms. The third-order valence-electron chi connectivity index (χ3n) is 3.37. The molecule has 1 saturated heterocycles. The summed E-state index contributed by atoms with van der Waals surface area (Å²) in [4.78, 5) is 25.9. The maximum absolute atomic E-state index is 13.0. The van der Waals surface area contributed by atoms with E-state index in [-0.39, 0.29) is 17.3 Å². The second-order valence-corrected chi connectivity index (χ2v) is 6.63. The summed E-state index contributed by atoms with van der Waals surface area (Å²) >= 11 is 6.39. The van der Waals surface area contributed by atoms with Gasteiger partial charge in [0.05, 0.1) is 16.2 Å². The fourth-order valence-electron chi connectivity index (χ4n) is 2.26. The van der Waals surface area contributed by atoms with Gasteiger partial charge in [0.15, 0.2) is 4.32 Å². The normalized spacial score (nSPS) is 16.0. The van der Waals surface area contributed by atoms with E-state index in [0.29, 0.717) is 20.5 Å². The Hall–Kier alpha value is -2.51. The molecule has 2 aromatic rings. The highest BCUT2D eigenvalue weighted by atomic mass is 32.2. The van der Waals surface area contributed by atoms with Crippen molar-refractivity contribution >= 4 is 51.9 Å². The van der Waals surface area contributed by atoms with Crippen LogP contribution in [0.2, 0.25) is 0 Å². The van der Waals surface area contributed by atoms with Gasteiger partial charge >= 0.3 is 0 Å². The van der Waals surface area contributed by atoms with Crippen molar-refractivity contribution in [1.29, 1.82) is 0 Å². The van der Waals surface area contributed by atoms with Gasteiger partial charge in [-0.15, -0.1) is 0 Å². The summed E-state index contributed by atoms with van der Waals surface area (Å²) in [6.45, 7) is 0. The van der Waals surface area contributed by atoms with E-state index in [2.05, 4.69) is 0 Å². The van der Waals surface area contributed by atoms with E-state index in [1.807, 2.05) is 0 Å². The molecule has 2 aromatic carbocycles. The number of thioether (sulfide) groups is 1. The van der Waals surface area contributed by atoms with Crippen LogP contribution in [-0.2, 0) is 4.79 Å². The van der Waals surface area contributed by atoms with Crippen molar-refractivity contribution in [2.24, 2.45) is 5.73 Å². The van der Waals surface area contributed by atoms with Crippen molar-refractivity contribution in [2.75, 3.05) is 4.90 Å². The number of carbonyl (C=O) groups is 2. The van der Waals surface area contributed by atoms with Crippen LogP contribution in [-0.4, -0.2) is 16.1 Å². The van der Waals surface area contributed by atoms with Crippen LogP contribution >= 0.6 is 24.0 Å². The Morgan fingerprint density at radius 3 is 2.50 bits per heavy atom. The van der Waals surface area contributed by atoms with Crippen LogP contribution in [0.5, 0.6) is 0 Å². The zero-order valence-corrected chi connectivity index (χ0v) is 13.9. The van der Waals surface area contributed by atoms with Crippen LogP contribution in [0.15, 0.2) is 53.4 Å². The molecule has 4 nitrogen and oxygen atoms in total. The van der Waals surface area contributed by atoms with Gasteiger partial charge in [-0.25, -0.2) is 4.39 Å². The number of halogens is 1. The number of hydrogen-bond acceptors (Lipinski definition) is 4. The molecule has 1 aliphatic heterocycles. The molecule has 1 fully saturated rings. The van der Waals surface area contributed by atoms with Crippen LogP contribution in [0.4, 0.5) is 10.1 Å². The smallest absolute Gasteiger partial charge is 0.270 e. The molecule has 0 atom stereocenters. The highest BCUT2D eigenvalue weighted by Crippen LogP contribution is 2.37. The Morgan fingerprint density at radius 2 is 1.83 bits per heavy atom. The number of amides is 2. The van der Waals surface area contributed by atoms with Crippen LogP contribution in [0.25, 0.3) is 6.08 Å². The number of nitrogens with zero attached hydrogens (tertiary/aromatic N) is 1. The number of primary amides is 1. The fraction of sp³-hybridized carbons (Fsp3) is 0. The van der Waals surface area contributed by atoms with Crippen molar-refractivity contribution in [1.82, 2.24) is 0 Å². The van der Waals surface area contributed by atoms with Crippen LogP contribution < -0.4 is 10.6 Å². The van der Waals surface area contributed by atoms with E-state index >= 15 is 0 Å². The first-order valence-electron chi connectivity index (χ1n) is 6.90. The zero-order valence-electron chi connectivity index (χ0n) is 12.2. The number of thiocarbonyl (C=S) groups is 1. The molecule has 0 unspecified atom stereocenters. The Kier molecular flexibility index (Phi) is 4.46. The Morgan fingerprint density at radius 1 is 1.17 bits per heavy atom. The SMILES string of the molecule is NC(=O)c1ccccc1N1C(=O)/C(=C/c2ccc(F)cc2)SC1=S. The van der Waals surface area contributed by atoms with Crippen molar-refractivity contribution in [2.45, 2.75) is 0 Å². The predicted octanol–water partition coefficient (Wildman–Crippen LogP) is 3.33. The standard InChI is InChI=1S/C17H11FN2O2S2/c18-11-7-5-10(6-8-11)9-14-16(22)20(17(23)24-14)13-4-2-1-3-12(13)15(19)21/h1-9H,(H2,19,21)/b14-9-. The molecule has 1 aliphatic rings. The zero-order chi connectivity index (χ0) is 17.3. The van der Waals surface area contributed by atoms with Gasteiger partial charge in [0.25, 0.3) is 11.8 Å². The highest BCUT2D eigenvalue weighted by Gasteiger charge is 2.35. The predicted molar refractivity (Wildman–Crippen MR) is 97.0 cm³/mol. The maximum atomic E-state index is 13.0. The minimum atomic E-state index is -0.637. The Bertz CT molecular complexity index is 878. The van der Waals surface area contributed by atoms with E-state index in [9.17, 15) is 14.0 Å². The molecule has 2 N–H and O–H groups in total. The number of para-hydroxylation sites is 1. The molecule has 7 heteroatoms. The molecular weight excluding hydrogens is 347 g/mol. The molecule has 0 radical (unpaired) electrons. The van der Waals surface area contributed by atoms with Crippen LogP contribution in [0.1, 0.15) is 15.9 Å². The van der Waals surface area contributed by atoms with Gasteiger partial charge in [-0.1, -0.05) is 48.2 Å². The van der Waals surface area contributed by atoms with Crippen LogP contribution in [0.3, 0.4) is 0 Å². The summed E-state index contributed by atoms with van der Waals surface area (Å²) < 4.78 is 13.3. The second-order valence-electron chi connectivity index (χ2n) is 4.95. The average Bonchev–Trinajstić information content (AvgIpc) is 2.83. The lowest BCUT2D eigenvalue weighted by Gasteiger charge is -2.17. The van der Waals surface area contributed by atoms with Crippen molar-refractivity contribution in [3.05, 3.63) is 70.4 Å². The number of rotatable bonds is 3. The summed E-state index contributed by atoms with van der Waals surface area (Å²) in [5.74, 6) is -1.33. The van der Waals surface area contributed by atoms with Gasteiger partial charge in [-0.3, -0.25) is 14.5 Å². The number of carbonyl (C=O) groups excluding carboxylic acids is 2. The Balaban J connectivity index is 1.98. The Labute approximate surface area is 147 Å². The fourth-order valence-corrected chi connectivity index (χ4v) is 3.55. The third kappa shape index (κ3) is 3.08. The van der Waals surface area contributed by atoms with Crippen molar-refractivity contribution in [3.8, 4) is 0 Å². The van der Waals surface area contributed by atoms with Crippen molar-refractivity contribution < 1.29 is 14.0 Å².